The van der Waals surface area contributed by atoms with Crippen molar-refractivity contribution in [2.24, 2.45) is 0 Å². The molecule has 0 unspecified atom stereocenters. The number of ether oxygens (including phenoxy) is 1. The van der Waals surface area contributed by atoms with E-state index in [0.717, 1.165) is 36.2 Å². The molecule has 1 aliphatic carbocycles. The van der Waals surface area contributed by atoms with Gasteiger partial charge in [0.15, 0.2) is 0 Å². The Balaban J connectivity index is 1.35. The molecule has 120 valence electrons. The van der Waals surface area contributed by atoms with Gasteiger partial charge in [-0.2, -0.15) is 0 Å². The molecule has 1 aliphatic heterocycles. The van der Waals surface area contributed by atoms with Gasteiger partial charge in [0, 0.05) is 56.0 Å². The zero-order valence-electron chi connectivity index (χ0n) is 12.7. The maximum atomic E-state index is 5.86. The summed E-state index contributed by atoms with van der Waals surface area (Å²) >= 11 is 3.33. The molecule has 1 saturated carbocycles. The number of hydrogen-bond donors (Lipinski definition) is 0. The second-order valence-corrected chi connectivity index (χ2v) is 6.98. The van der Waals surface area contributed by atoms with Crippen molar-refractivity contribution < 1.29 is 4.74 Å². The quantitative estimate of drug-likeness (QED) is 0.818. The van der Waals surface area contributed by atoms with Gasteiger partial charge in [-0.3, -0.25) is 0 Å². The highest BCUT2D eigenvalue weighted by Gasteiger charge is 2.27. The Morgan fingerprint density at radius 1 is 1.00 bits per heavy atom. The Bertz CT molecular complexity index is 668. The van der Waals surface area contributed by atoms with Gasteiger partial charge in [0.2, 0.25) is 0 Å². The van der Waals surface area contributed by atoms with E-state index in [9.17, 15) is 0 Å². The summed E-state index contributed by atoms with van der Waals surface area (Å²) in [5.41, 5.74) is 1.19. The minimum Gasteiger partial charge on any atom is -0.460 e. The monoisotopic (exact) mass is 375 g/mol. The lowest BCUT2D eigenvalue weighted by Gasteiger charge is -2.32. The van der Waals surface area contributed by atoms with Crippen LogP contribution in [-0.4, -0.2) is 39.1 Å². The van der Waals surface area contributed by atoms with Crippen LogP contribution in [0.15, 0.2) is 29.3 Å². The molecule has 2 aromatic heterocycles. The van der Waals surface area contributed by atoms with Gasteiger partial charge in [-0.05, 0) is 28.8 Å². The Labute approximate surface area is 143 Å². The molecular formula is C16H18BrN5O. The topological polar surface area (TPSA) is 64.0 Å². The molecule has 0 aromatic carbocycles. The summed E-state index contributed by atoms with van der Waals surface area (Å²) in [6, 6.07) is 2.60. The largest absolute Gasteiger partial charge is 0.460 e. The van der Waals surface area contributed by atoms with Crippen molar-refractivity contribution in [3.63, 3.8) is 0 Å². The average molecular weight is 376 g/mol. The van der Waals surface area contributed by atoms with Crippen molar-refractivity contribution in [3.8, 4) is 6.01 Å². The number of anilines is 1. The Hall–Kier alpha value is -1.76. The molecule has 3 heterocycles. The SMILES string of the molecule is Brc1cnc(OC2CCN(c3cc(C4CC4)ncn3)CC2)nc1. The molecule has 2 fully saturated rings. The number of piperidine rings is 1. The van der Waals surface area contributed by atoms with Crippen molar-refractivity contribution in [2.45, 2.75) is 37.7 Å². The molecule has 0 amide bonds. The summed E-state index contributed by atoms with van der Waals surface area (Å²) in [5, 5.41) is 0. The molecule has 0 radical (unpaired) electrons. The van der Waals surface area contributed by atoms with Gasteiger partial charge >= 0.3 is 6.01 Å². The zero-order chi connectivity index (χ0) is 15.6. The molecule has 0 N–H and O–H groups in total. The summed E-state index contributed by atoms with van der Waals surface area (Å²) in [6.45, 7) is 1.87. The van der Waals surface area contributed by atoms with Gasteiger partial charge < -0.3 is 9.64 Å². The zero-order valence-corrected chi connectivity index (χ0v) is 14.3. The van der Waals surface area contributed by atoms with E-state index in [0.29, 0.717) is 11.9 Å². The fraction of sp³-hybridized carbons (Fsp3) is 0.500. The van der Waals surface area contributed by atoms with Crippen LogP contribution in [0.3, 0.4) is 0 Å². The van der Waals surface area contributed by atoms with Crippen molar-refractivity contribution in [3.05, 3.63) is 35.0 Å². The molecule has 0 bridgehead atoms. The predicted octanol–water partition coefficient (Wildman–Crippen LogP) is 2.95. The van der Waals surface area contributed by atoms with Crippen molar-refractivity contribution in [1.29, 1.82) is 0 Å². The number of nitrogens with zero attached hydrogens (tertiary/aromatic N) is 5. The smallest absolute Gasteiger partial charge is 0.316 e. The Morgan fingerprint density at radius 3 is 2.43 bits per heavy atom. The van der Waals surface area contributed by atoms with E-state index in [4.69, 9.17) is 4.74 Å². The number of hydrogen-bond acceptors (Lipinski definition) is 6. The first-order valence-corrected chi connectivity index (χ1v) is 8.78. The van der Waals surface area contributed by atoms with Crippen LogP contribution in [-0.2, 0) is 0 Å². The lowest BCUT2D eigenvalue weighted by Crippen LogP contribution is -2.39. The highest BCUT2D eigenvalue weighted by molar-refractivity contribution is 9.10. The van der Waals surface area contributed by atoms with E-state index in [1.807, 2.05) is 0 Å². The van der Waals surface area contributed by atoms with Crippen molar-refractivity contribution in [1.82, 2.24) is 19.9 Å². The molecular weight excluding hydrogens is 358 g/mol. The first kappa shape index (κ1) is 14.8. The maximum Gasteiger partial charge on any atom is 0.316 e. The van der Waals surface area contributed by atoms with Crippen LogP contribution in [0.25, 0.3) is 0 Å². The molecule has 23 heavy (non-hydrogen) atoms. The van der Waals surface area contributed by atoms with E-state index < -0.39 is 0 Å². The molecule has 4 rings (SSSR count). The number of halogens is 1. The maximum absolute atomic E-state index is 5.86. The van der Waals surface area contributed by atoms with E-state index in [1.165, 1.54) is 18.5 Å². The summed E-state index contributed by atoms with van der Waals surface area (Å²) in [5.74, 6) is 1.70. The normalized spacial score (nSPS) is 18.9. The first-order valence-electron chi connectivity index (χ1n) is 7.99. The van der Waals surface area contributed by atoms with E-state index in [1.54, 1.807) is 18.7 Å². The minimum absolute atomic E-state index is 0.164. The minimum atomic E-state index is 0.164. The Kier molecular flexibility index (Phi) is 4.11. The lowest BCUT2D eigenvalue weighted by atomic mass is 10.1. The van der Waals surface area contributed by atoms with Gasteiger partial charge in [0.25, 0.3) is 0 Å². The first-order chi connectivity index (χ1) is 11.3. The predicted molar refractivity (Wildman–Crippen MR) is 89.6 cm³/mol. The van der Waals surface area contributed by atoms with E-state index >= 15 is 0 Å². The van der Waals surface area contributed by atoms with Gasteiger partial charge in [-0.25, -0.2) is 19.9 Å². The number of rotatable bonds is 4. The van der Waals surface area contributed by atoms with Crippen LogP contribution < -0.4 is 9.64 Å². The molecule has 6 nitrogen and oxygen atoms in total. The highest BCUT2D eigenvalue weighted by Crippen LogP contribution is 2.39. The van der Waals surface area contributed by atoms with Crippen molar-refractivity contribution in [2.75, 3.05) is 18.0 Å². The molecule has 2 aliphatic rings. The second kappa shape index (κ2) is 6.39. The lowest BCUT2D eigenvalue weighted by molar-refractivity contribution is 0.156. The van der Waals surface area contributed by atoms with Crippen molar-refractivity contribution >= 4 is 21.7 Å². The van der Waals surface area contributed by atoms with Gasteiger partial charge in [0.05, 0.1) is 4.47 Å². The summed E-state index contributed by atoms with van der Waals surface area (Å²) < 4.78 is 6.72. The highest BCUT2D eigenvalue weighted by atomic mass is 79.9. The molecule has 7 heteroatoms. The summed E-state index contributed by atoms with van der Waals surface area (Å²) in [7, 11) is 0. The number of aromatic nitrogens is 4. The molecule has 1 saturated heterocycles. The molecule has 0 spiro atoms. The average Bonchev–Trinajstić information content (AvgIpc) is 3.43. The van der Waals surface area contributed by atoms with E-state index in [-0.39, 0.29) is 6.10 Å². The third-order valence-corrected chi connectivity index (χ3v) is 4.71. The van der Waals surface area contributed by atoms with Crippen LogP contribution >= 0.6 is 15.9 Å². The summed E-state index contributed by atoms with van der Waals surface area (Å²) in [4.78, 5) is 19.5. The van der Waals surface area contributed by atoms with Crippen LogP contribution in [0.5, 0.6) is 6.01 Å². The van der Waals surface area contributed by atoms with Gasteiger partial charge in [-0.15, -0.1) is 0 Å². The fourth-order valence-corrected chi connectivity index (χ4v) is 3.05. The van der Waals surface area contributed by atoms with Crippen LogP contribution in [0, 0.1) is 0 Å². The van der Waals surface area contributed by atoms with E-state index in [2.05, 4.69) is 46.8 Å². The third kappa shape index (κ3) is 3.60. The Morgan fingerprint density at radius 2 is 1.74 bits per heavy atom. The third-order valence-electron chi connectivity index (χ3n) is 4.30. The van der Waals surface area contributed by atoms with Gasteiger partial charge in [-0.1, -0.05) is 0 Å². The van der Waals surface area contributed by atoms with Crippen LogP contribution in [0.2, 0.25) is 0 Å². The van der Waals surface area contributed by atoms with Crippen LogP contribution in [0.4, 0.5) is 5.82 Å². The molecule has 2 aromatic rings. The fourth-order valence-electron chi connectivity index (χ4n) is 2.85. The van der Waals surface area contributed by atoms with Gasteiger partial charge in [0.1, 0.15) is 18.2 Å². The van der Waals surface area contributed by atoms with Crippen LogP contribution in [0.1, 0.15) is 37.3 Å². The standard InChI is InChI=1S/C16H18BrN5O/c17-12-8-18-16(19-9-12)23-13-3-5-22(6-4-13)15-7-14(11-1-2-11)20-10-21-15/h7-11,13H,1-6H2. The summed E-state index contributed by atoms with van der Waals surface area (Å²) in [6.07, 6.45) is 9.69. The second-order valence-electron chi connectivity index (χ2n) is 6.06. The molecule has 0 atom stereocenters.